The molecule has 5 heteroatoms. The van der Waals surface area contributed by atoms with Crippen molar-refractivity contribution >= 4 is 23.3 Å². The molecule has 1 aliphatic rings. The summed E-state index contributed by atoms with van der Waals surface area (Å²) < 4.78 is 0. The molecule has 2 aromatic rings. The van der Waals surface area contributed by atoms with Crippen LogP contribution in [0.1, 0.15) is 21.6 Å². The molecule has 1 aromatic carbocycles. The van der Waals surface area contributed by atoms with Crippen molar-refractivity contribution in [3.05, 3.63) is 58.2 Å². The van der Waals surface area contributed by atoms with Crippen molar-refractivity contribution in [2.75, 3.05) is 12.4 Å². The molecule has 0 unspecified atom stereocenters. The van der Waals surface area contributed by atoms with E-state index in [1.807, 2.05) is 12.1 Å². The average molecular weight is 302 g/mol. The van der Waals surface area contributed by atoms with Crippen LogP contribution in [0.25, 0.3) is 0 Å². The number of hydrogen-bond donors (Lipinski definition) is 2. The number of fused-ring (bicyclic) bond motifs is 1. The Morgan fingerprint density at radius 1 is 1.19 bits per heavy atom. The molecule has 2 N–H and O–H groups in total. The highest BCUT2D eigenvalue weighted by molar-refractivity contribution is 6.33. The summed E-state index contributed by atoms with van der Waals surface area (Å²) in [4.78, 5) is 16.6. The maximum Gasteiger partial charge on any atom is 0.271 e. The minimum absolute atomic E-state index is 0.103. The number of pyridine rings is 1. The lowest BCUT2D eigenvalue weighted by molar-refractivity contribution is 0.0934. The van der Waals surface area contributed by atoms with Gasteiger partial charge in [-0.3, -0.25) is 4.79 Å². The van der Waals surface area contributed by atoms with Crippen LogP contribution < -0.4 is 10.6 Å². The fraction of sp³-hybridized carbons (Fsp3) is 0.250. The summed E-state index contributed by atoms with van der Waals surface area (Å²) in [5.74, 6) is 0.397. The van der Waals surface area contributed by atoms with E-state index in [0.717, 1.165) is 12.8 Å². The Hall–Kier alpha value is -2.07. The predicted octanol–water partition coefficient (Wildman–Crippen LogP) is 2.67. The van der Waals surface area contributed by atoms with Gasteiger partial charge in [0.2, 0.25) is 0 Å². The van der Waals surface area contributed by atoms with Gasteiger partial charge in [-0.15, -0.1) is 0 Å². The number of carbonyl (C=O) groups is 1. The molecule has 1 aromatic heterocycles. The Bertz CT molecular complexity index is 662. The molecule has 0 fully saturated rings. The third-order valence-electron chi connectivity index (χ3n) is 3.70. The van der Waals surface area contributed by atoms with Crippen LogP contribution >= 0.6 is 11.6 Å². The van der Waals surface area contributed by atoms with Gasteiger partial charge in [0, 0.05) is 13.1 Å². The number of aromatic nitrogens is 1. The molecule has 21 heavy (non-hydrogen) atoms. The van der Waals surface area contributed by atoms with Gasteiger partial charge in [0.25, 0.3) is 5.91 Å². The first kappa shape index (κ1) is 13.9. The van der Waals surface area contributed by atoms with E-state index in [1.165, 1.54) is 11.1 Å². The van der Waals surface area contributed by atoms with Gasteiger partial charge in [-0.05, 0) is 36.1 Å². The van der Waals surface area contributed by atoms with Crippen LogP contribution in [0.2, 0.25) is 5.02 Å². The van der Waals surface area contributed by atoms with Gasteiger partial charge >= 0.3 is 0 Å². The summed E-state index contributed by atoms with van der Waals surface area (Å²) >= 11 is 6.07. The molecular weight excluding hydrogens is 286 g/mol. The molecule has 0 atom stereocenters. The first-order chi connectivity index (χ1) is 10.2. The second-order valence-electron chi connectivity index (χ2n) is 5.12. The fourth-order valence-corrected chi connectivity index (χ4v) is 2.85. The van der Waals surface area contributed by atoms with E-state index in [0.29, 0.717) is 10.8 Å². The molecule has 0 saturated carbocycles. The second kappa shape index (κ2) is 5.74. The van der Waals surface area contributed by atoms with Crippen LogP contribution in [0.15, 0.2) is 36.4 Å². The summed E-state index contributed by atoms with van der Waals surface area (Å²) in [6.45, 7) is 0. The van der Waals surface area contributed by atoms with Crippen LogP contribution in [0.3, 0.4) is 0 Å². The minimum Gasteiger partial charge on any atom is -0.373 e. The predicted molar refractivity (Wildman–Crippen MR) is 83.9 cm³/mol. The van der Waals surface area contributed by atoms with Crippen molar-refractivity contribution in [2.24, 2.45) is 0 Å². The van der Waals surface area contributed by atoms with Crippen molar-refractivity contribution in [2.45, 2.75) is 18.9 Å². The highest BCUT2D eigenvalue weighted by Gasteiger charge is 2.24. The highest BCUT2D eigenvalue weighted by atomic mass is 35.5. The Balaban J connectivity index is 1.73. The molecule has 4 nitrogen and oxygen atoms in total. The van der Waals surface area contributed by atoms with E-state index < -0.39 is 0 Å². The summed E-state index contributed by atoms with van der Waals surface area (Å²) in [5.41, 5.74) is 2.86. The van der Waals surface area contributed by atoms with E-state index in [1.54, 1.807) is 19.2 Å². The largest absolute Gasteiger partial charge is 0.373 e. The first-order valence-electron chi connectivity index (χ1n) is 6.89. The number of nitrogens with one attached hydrogen (secondary N) is 2. The number of carbonyl (C=O) groups excluding carboxylic acids is 1. The number of anilines is 1. The Labute approximate surface area is 128 Å². The Kier molecular flexibility index (Phi) is 3.80. The molecule has 1 heterocycles. The summed E-state index contributed by atoms with van der Waals surface area (Å²) in [7, 11) is 1.76. The van der Waals surface area contributed by atoms with Gasteiger partial charge in [-0.1, -0.05) is 35.9 Å². The quantitative estimate of drug-likeness (QED) is 0.916. The van der Waals surface area contributed by atoms with Crippen LogP contribution in [0.5, 0.6) is 0 Å². The monoisotopic (exact) mass is 301 g/mol. The van der Waals surface area contributed by atoms with E-state index in [-0.39, 0.29) is 17.6 Å². The highest BCUT2D eigenvalue weighted by Crippen LogP contribution is 2.22. The lowest BCUT2D eigenvalue weighted by Gasteiger charge is -2.13. The zero-order chi connectivity index (χ0) is 14.8. The van der Waals surface area contributed by atoms with E-state index >= 15 is 0 Å². The summed E-state index contributed by atoms with van der Waals surface area (Å²) in [5, 5.41) is 6.29. The van der Waals surface area contributed by atoms with Crippen molar-refractivity contribution in [1.82, 2.24) is 10.3 Å². The zero-order valence-electron chi connectivity index (χ0n) is 11.7. The molecule has 1 aliphatic carbocycles. The second-order valence-corrected chi connectivity index (χ2v) is 5.53. The molecule has 0 saturated heterocycles. The Morgan fingerprint density at radius 2 is 1.86 bits per heavy atom. The number of halogens is 1. The van der Waals surface area contributed by atoms with Crippen molar-refractivity contribution in [3.8, 4) is 0 Å². The van der Waals surface area contributed by atoms with E-state index in [4.69, 9.17) is 11.6 Å². The van der Waals surface area contributed by atoms with Gasteiger partial charge in [-0.25, -0.2) is 4.98 Å². The smallest absolute Gasteiger partial charge is 0.271 e. The van der Waals surface area contributed by atoms with E-state index in [9.17, 15) is 4.79 Å². The lowest BCUT2D eigenvalue weighted by Crippen LogP contribution is -2.36. The third kappa shape index (κ3) is 2.85. The van der Waals surface area contributed by atoms with Crippen LogP contribution in [0, 0.1) is 0 Å². The summed E-state index contributed by atoms with van der Waals surface area (Å²) in [6, 6.07) is 11.8. The number of hydrogen-bond acceptors (Lipinski definition) is 3. The molecule has 3 rings (SSSR count). The Morgan fingerprint density at radius 3 is 2.48 bits per heavy atom. The minimum atomic E-state index is -0.227. The lowest BCUT2D eigenvalue weighted by atomic mass is 10.1. The molecule has 0 radical (unpaired) electrons. The molecular formula is C16H16ClN3O. The van der Waals surface area contributed by atoms with Crippen molar-refractivity contribution in [3.63, 3.8) is 0 Å². The molecule has 0 aliphatic heterocycles. The van der Waals surface area contributed by atoms with Gasteiger partial charge < -0.3 is 10.6 Å². The topological polar surface area (TPSA) is 54.0 Å². The van der Waals surface area contributed by atoms with Crippen LogP contribution in [-0.4, -0.2) is 24.0 Å². The van der Waals surface area contributed by atoms with Crippen LogP contribution in [-0.2, 0) is 12.8 Å². The summed E-state index contributed by atoms with van der Waals surface area (Å²) in [6.07, 6.45) is 1.70. The van der Waals surface area contributed by atoms with Crippen LogP contribution in [0.4, 0.5) is 5.82 Å². The maximum atomic E-state index is 12.4. The number of nitrogens with zero attached hydrogens (tertiary/aromatic N) is 1. The normalized spacial score (nSPS) is 13.8. The first-order valence-corrected chi connectivity index (χ1v) is 7.27. The van der Waals surface area contributed by atoms with Gasteiger partial charge in [0.05, 0.1) is 5.02 Å². The van der Waals surface area contributed by atoms with Gasteiger partial charge in [-0.2, -0.15) is 0 Å². The van der Waals surface area contributed by atoms with Gasteiger partial charge in [0.15, 0.2) is 0 Å². The maximum absolute atomic E-state index is 12.4. The number of amides is 1. The average Bonchev–Trinajstić information content (AvgIpc) is 2.89. The molecule has 0 bridgehead atoms. The number of rotatable bonds is 3. The SMILES string of the molecule is CNc1ccc(Cl)c(C(=O)NC2Cc3ccccc3C2)n1. The van der Waals surface area contributed by atoms with Crippen molar-refractivity contribution < 1.29 is 4.79 Å². The standard InChI is InChI=1S/C16H16ClN3O/c1-18-14-7-6-13(17)15(20-14)16(21)19-12-8-10-4-2-3-5-11(10)9-12/h2-7,12H,8-9H2,1H3,(H,18,20)(H,19,21). The third-order valence-corrected chi connectivity index (χ3v) is 4.01. The van der Waals surface area contributed by atoms with E-state index in [2.05, 4.69) is 27.8 Å². The molecule has 1 amide bonds. The van der Waals surface area contributed by atoms with Crippen molar-refractivity contribution in [1.29, 1.82) is 0 Å². The zero-order valence-corrected chi connectivity index (χ0v) is 12.4. The number of benzene rings is 1. The van der Waals surface area contributed by atoms with Gasteiger partial charge in [0.1, 0.15) is 11.5 Å². The molecule has 108 valence electrons. The fourth-order valence-electron chi connectivity index (χ4n) is 2.66. The molecule has 0 spiro atoms.